The van der Waals surface area contributed by atoms with Crippen molar-refractivity contribution in [2.75, 3.05) is 11.9 Å². The molecule has 0 aliphatic rings. The van der Waals surface area contributed by atoms with Crippen molar-refractivity contribution in [1.29, 1.82) is 0 Å². The maximum absolute atomic E-state index is 13.9. The lowest BCUT2D eigenvalue weighted by Crippen LogP contribution is -2.24. The molecule has 0 bridgehead atoms. The molecule has 1 aromatic heterocycles. The van der Waals surface area contributed by atoms with Gasteiger partial charge in [0.2, 0.25) is 0 Å². The second-order valence-electron chi connectivity index (χ2n) is 5.91. The van der Waals surface area contributed by atoms with Crippen LogP contribution in [0.3, 0.4) is 0 Å². The number of anilines is 1. The average molecular weight is 396 g/mol. The van der Waals surface area contributed by atoms with Crippen molar-refractivity contribution in [2.24, 2.45) is 5.10 Å². The minimum Gasteiger partial charge on any atom is -0.492 e. The molecule has 0 aliphatic heterocycles. The molecule has 0 aliphatic carbocycles. The Kier molecular flexibility index (Phi) is 6.75. The van der Waals surface area contributed by atoms with Crippen LogP contribution in [0.2, 0.25) is 0 Å². The lowest BCUT2D eigenvalue weighted by Gasteiger charge is -2.12. The topological polar surface area (TPSA) is 50.6 Å². The molecule has 28 heavy (non-hydrogen) atoms. The van der Waals surface area contributed by atoms with Gasteiger partial charge in [-0.3, -0.25) is 5.43 Å². The summed E-state index contributed by atoms with van der Waals surface area (Å²) in [6, 6.07) is 18.0. The molecule has 0 fully saturated rings. The highest BCUT2D eigenvalue weighted by molar-refractivity contribution is 7.80. The number of para-hydroxylation sites is 2. The van der Waals surface area contributed by atoms with Gasteiger partial charge in [0, 0.05) is 11.8 Å². The number of halogens is 1. The molecule has 5 nitrogen and oxygen atoms in total. The standard InChI is InChI=1S/C21H21FN4OS/c1-2-27-20-12-6-5-11-19(20)24-21(28)25-23-14-17-9-7-13-26(17)15-16-8-3-4-10-18(16)22/h3-14H,2,15H2,1H3,(H2,24,25,28). The maximum Gasteiger partial charge on any atom is 0.191 e. The molecule has 3 rings (SSSR count). The first-order valence-corrected chi connectivity index (χ1v) is 9.28. The van der Waals surface area contributed by atoms with Crippen LogP contribution in [0.15, 0.2) is 72.0 Å². The maximum atomic E-state index is 13.9. The quantitative estimate of drug-likeness (QED) is 0.353. The Morgan fingerprint density at radius 1 is 1.14 bits per heavy atom. The minimum absolute atomic E-state index is 0.226. The zero-order chi connectivity index (χ0) is 19.8. The Labute approximate surface area is 168 Å². The fourth-order valence-electron chi connectivity index (χ4n) is 2.66. The average Bonchev–Trinajstić information content (AvgIpc) is 3.12. The zero-order valence-electron chi connectivity index (χ0n) is 15.4. The van der Waals surface area contributed by atoms with E-state index < -0.39 is 0 Å². The summed E-state index contributed by atoms with van der Waals surface area (Å²) in [5, 5.41) is 7.58. The number of nitrogens with one attached hydrogen (secondary N) is 2. The van der Waals surface area contributed by atoms with Crippen LogP contribution in [0.4, 0.5) is 10.1 Å². The highest BCUT2D eigenvalue weighted by Gasteiger charge is 2.05. The second-order valence-corrected chi connectivity index (χ2v) is 6.31. The number of thiocarbonyl (C=S) groups is 1. The van der Waals surface area contributed by atoms with Gasteiger partial charge in [-0.1, -0.05) is 30.3 Å². The summed E-state index contributed by atoms with van der Waals surface area (Å²) in [7, 11) is 0. The van der Waals surface area contributed by atoms with Crippen LogP contribution >= 0.6 is 12.2 Å². The number of rotatable bonds is 7. The van der Waals surface area contributed by atoms with Crippen molar-refractivity contribution in [3.63, 3.8) is 0 Å². The molecular weight excluding hydrogens is 375 g/mol. The Morgan fingerprint density at radius 3 is 2.75 bits per heavy atom. The normalized spacial score (nSPS) is 10.8. The van der Waals surface area contributed by atoms with Crippen LogP contribution in [0.1, 0.15) is 18.2 Å². The third-order valence-electron chi connectivity index (χ3n) is 3.96. The summed E-state index contributed by atoms with van der Waals surface area (Å²) in [5.41, 5.74) is 5.00. The number of aromatic nitrogens is 1. The van der Waals surface area contributed by atoms with E-state index in [9.17, 15) is 4.39 Å². The molecule has 0 radical (unpaired) electrons. The van der Waals surface area contributed by atoms with Crippen LogP contribution in [0, 0.1) is 5.82 Å². The summed E-state index contributed by atoms with van der Waals surface area (Å²) in [6.07, 6.45) is 3.52. The van der Waals surface area contributed by atoms with Gasteiger partial charge >= 0.3 is 0 Å². The van der Waals surface area contributed by atoms with Gasteiger partial charge in [0.05, 0.1) is 30.7 Å². The van der Waals surface area contributed by atoms with E-state index in [-0.39, 0.29) is 5.82 Å². The molecule has 2 aromatic carbocycles. The van der Waals surface area contributed by atoms with Crippen LogP contribution in [-0.4, -0.2) is 22.5 Å². The second kappa shape index (κ2) is 9.66. The van der Waals surface area contributed by atoms with E-state index >= 15 is 0 Å². The van der Waals surface area contributed by atoms with Gasteiger partial charge in [0.1, 0.15) is 11.6 Å². The third-order valence-corrected chi connectivity index (χ3v) is 4.15. The number of nitrogens with zero attached hydrogens (tertiary/aromatic N) is 2. The van der Waals surface area contributed by atoms with Gasteiger partial charge in [-0.15, -0.1) is 0 Å². The van der Waals surface area contributed by atoms with E-state index in [1.807, 2.05) is 60.2 Å². The van der Waals surface area contributed by atoms with Gasteiger partial charge in [0.25, 0.3) is 0 Å². The summed E-state index contributed by atoms with van der Waals surface area (Å²) in [4.78, 5) is 0. The van der Waals surface area contributed by atoms with E-state index in [0.717, 1.165) is 17.1 Å². The fourth-order valence-corrected chi connectivity index (χ4v) is 2.82. The molecule has 3 aromatic rings. The van der Waals surface area contributed by atoms with E-state index in [2.05, 4.69) is 15.8 Å². The minimum atomic E-state index is -0.226. The smallest absolute Gasteiger partial charge is 0.191 e. The molecule has 0 amide bonds. The lowest BCUT2D eigenvalue weighted by atomic mass is 10.2. The molecule has 0 saturated carbocycles. The number of hydrogen-bond acceptors (Lipinski definition) is 3. The van der Waals surface area contributed by atoms with Crippen molar-refractivity contribution < 1.29 is 9.13 Å². The zero-order valence-corrected chi connectivity index (χ0v) is 16.2. The number of ether oxygens (including phenoxy) is 1. The SMILES string of the molecule is CCOc1ccccc1NC(=S)NN=Cc1cccn1Cc1ccccc1F. The molecule has 1 heterocycles. The summed E-state index contributed by atoms with van der Waals surface area (Å²) < 4.78 is 21.3. The highest BCUT2D eigenvalue weighted by Crippen LogP contribution is 2.23. The fraction of sp³-hybridized carbons (Fsp3) is 0.143. The summed E-state index contributed by atoms with van der Waals surface area (Å²) in [6.45, 7) is 2.91. The van der Waals surface area contributed by atoms with Crippen LogP contribution < -0.4 is 15.5 Å². The van der Waals surface area contributed by atoms with Gasteiger partial charge in [-0.05, 0) is 49.5 Å². The van der Waals surface area contributed by atoms with E-state index in [1.165, 1.54) is 6.07 Å². The van der Waals surface area contributed by atoms with Crippen molar-refractivity contribution in [3.05, 3.63) is 83.9 Å². The molecule has 144 valence electrons. The largest absolute Gasteiger partial charge is 0.492 e. The van der Waals surface area contributed by atoms with Gasteiger partial charge in [0.15, 0.2) is 5.11 Å². The number of benzene rings is 2. The van der Waals surface area contributed by atoms with Crippen LogP contribution in [-0.2, 0) is 6.54 Å². The van der Waals surface area contributed by atoms with Crippen molar-refractivity contribution in [3.8, 4) is 5.75 Å². The molecule has 7 heteroatoms. The van der Waals surface area contributed by atoms with Crippen molar-refractivity contribution in [1.82, 2.24) is 9.99 Å². The molecule has 0 saturated heterocycles. The van der Waals surface area contributed by atoms with E-state index in [0.29, 0.717) is 23.8 Å². The number of hydrazone groups is 1. The van der Waals surface area contributed by atoms with Crippen molar-refractivity contribution >= 4 is 29.2 Å². The van der Waals surface area contributed by atoms with Crippen molar-refractivity contribution in [2.45, 2.75) is 13.5 Å². The molecular formula is C21H21FN4OS. The monoisotopic (exact) mass is 396 g/mol. The predicted molar refractivity (Wildman–Crippen MR) is 114 cm³/mol. The predicted octanol–water partition coefficient (Wildman–Crippen LogP) is 4.39. The van der Waals surface area contributed by atoms with Gasteiger partial charge in [-0.2, -0.15) is 5.10 Å². The Bertz CT molecular complexity index is 970. The van der Waals surface area contributed by atoms with E-state index in [4.69, 9.17) is 17.0 Å². The summed E-state index contributed by atoms with van der Waals surface area (Å²) >= 11 is 5.28. The number of hydrogen-bond donors (Lipinski definition) is 2. The first kappa shape index (κ1) is 19.6. The Hall–Kier alpha value is -3.19. The van der Waals surface area contributed by atoms with Gasteiger partial charge < -0.3 is 14.6 Å². The van der Waals surface area contributed by atoms with E-state index in [1.54, 1.807) is 18.3 Å². The molecule has 0 atom stereocenters. The highest BCUT2D eigenvalue weighted by atomic mass is 32.1. The van der Waals surface area contributed by atoms with Gasteiger partial charge in [-0.25, -0.2) is 4.39 Å². The Morgan fingerprint density at radius 2 is 1.93 bits per heavy atom. The third kappa shape index (κ3) is 5.17. The molecule has 0 unspecified atom stereocenters. The lowest BCUT2D eigenvalue weighted by molar-refractivity contribution is 0.342. The molecule has 0 spiro atoms. The first-order valence-electron chi connectivity index (χ1n) is 8.88. The van der Waals surface area contributed by atoms with Crippen LogP contribution in [0.5, 0.6) is 5.75 Å². The summed E-state index contributed by atoms with van der Waals surface area (Å²) in [5.74, 6) is 0.493. The molecule has 2 N–H and O–H groups in total. The Balaban J connectivity index is 1.61. The first-order chi connectivity index (χ1) is 13.7. The van der Waals surface area contributed by atoms with Crippen LogP contribution in [0.25, 0.3) is 0 Å².